The largest absolute Gasteiger partial charge is 0.361 e. The van der Waals surface area contributed by atoms with Crippen LogP contribution in [-0.2, 0) is 10.1 Å². The highest BCUT2D eigenvalue weighted by Gasteiger charge is 2.19. The summed E-state index contributed by atoms with van der Waals surface area (Å²) in [5, 5.41) is 4.57. The van der Waals surface area contributed by atoms with Gasteiger partial charge in [0.1, 0.15) is 0 Å². The van der Waals surface area contributed by atoms with E-state index in [1.54, 1.807) is 6.07 Å². The van der Waals surface area contributed by atoms with Crippen LogP contribution in [0.5, 0.6) is 5.88 Å². The normalized spacial score (nSPS) is 11.5. The minimum absolute atomic E-state index is 0.0107. The van der Waals surface area contributed by atoms with Crippen LogP contribution < -0.4 is 4.18 Å². The lowest BCUT2D eigenvalue weighted by Crippen LogP contribution is -2.15. The predicted molar refractivity (Wildman–Crippen MR) is 103 cm³/mol. The maximum Gasteiger partial charge on any atom is 0.310 e. The first-order chi connectivity index (χ1) is 12.5. The fourth-order valence-electron chi connectivity index (χ4n) is 2.54. The Bertz CT molecular complexity index is 962. The molecule has 0 fully saturated rings. The molecule has 0 aliphatic rings. The number of unbranched alkanes of at least 4 members (excludes halogenated alkanes) is 1. The summed E-state index contributed by atoms with van der Waals surface area (Å²) in [6.45, 7) is 3.94. The average molecular weight is 370 g/mol. The second-order valence-corrected chi connectivity index (χ2v) is 7.87. The van der Waals surface area contributed by atoms with E-state index in [1.165, 1.54) is 4.68 Å². The second-order valence-electron chi connectivity index (χ2n) is 6.18. The van der Waals surface area contributed by atoms with Crippen molar-refractivity contribution in [2.75, 3.05) is 5.75 Å². The van der Waals surface area contributed by atoms with Gasteiger partial charge in [-0.05, 0) is 25.5 Å². The summed E-state index contributed by atoms with van der Waals surface area (Å²) in [5.74, 6) is 0.187. The molecule has 0 N–H and O–H groups in total. The maximum absolute atomic E-state index is 12.3. The van der Waals surface area contributed by atoms with E-state index < -0.39 is 10.1 Å². The third-order valence-corrected chi connectivity index (χ3v) is 5.20. The summed E-state index contributed by atoms with van der Waals surface area (Å²) in [4.78, 5) is 0. The Morgan fingerprint density at radius 1 is 1.04 bits per heavy atom. The van der Waals surface area contributed by atoms with Crippen LogP contribution in [0.2, 0.25) is 0 Å². The van der Waals surface area contributed by atoms with Gasteiger partial charge in [-0.3, -0.25) is 0 Å². The van der Waals surface area contributed by atoms with Gasteiger partial charge in [-0.15, -0.1) is 0 Å². The Morgan fingerprint density at radius 3 is 2.38 bits per heavy atom. The molecule has 26 heavy (non-hydrogen) atoms. The fourth-order valence-corrected chi connectivity index (χ4v) is 3.64. The topological polar surface area (TPSA) is 61.2 Å². The smallest absolute Gasteiger partial charge is 0.310 e. The summed E-state index contributed by atoms with van der Waals surface area (Å²) >= 11 is 0. The molecule has 6 heteroatoms. The SMILES string of the molecule is CCCCS(=O)(=O)Oc1cc(-c2ccccc2)nn1-c1ccc(C)cc1. The number of benzene rings is 2. The van der Waals surface area contributed by atoms with Crippen molar-refractivity contribution in [1.82, 2.24) is 9.78 Å². The molecule has 0 bridgehead atoms. The van der Waals surface area contributed by atoms with Gasteiger partial charge in [0, 0.05) is 11.6 Å². The lowest BCUT2D eigenvalue weighted by molar-refractivity contribution is 0.463. The van der Waals surface area contributed by atoms with E-state index in [4.69, 9.17) is 4.18 Å². The Hall–Kier alpha value is -2.60. The van der Waals surface area contributed by atoms with Crippen LogP contribution in [-0.4, -0.2) is 24.0 Å². The first-order valence-corrected chi connectivity index (χ1v) is 10.2. The fraction of sp³-hybridized carbons (Fsp3) is 0.250. The van der Waals surface area contributed by atoms with E-state index in [0.29, 0.717) is 12.1 Å². The number of hydrogen-bond acceptors (Lipinski definition) is 4. The zero-order valence-electron chi connectivity index (χ0n) is 14.9. The van der Waals surface area contributed by atoms with Crippen molar-refractivity contribution in [2.24, 2.45) is 0 Å². The first kappa shape index (κ1) is 18.2. The second kappa shape index (κ2) is 7.74. The van der Waals surface area contributed by atoms with E-state index in [9.17, 15) is 8.42 Å². The molecule has 0 atom stereocenters. The number of hydrogen-bond donors (Lipinski definition) is 0. The summed E-state index contributed by atoms with van der Waals surface area (Å²) < 4.78 is 31.5. The van der Waals surface area contributed by atoms with E-state index >= 15 is 0 Å². The van der Waals surface area contributed by atoms with Crippen LogP contribution >= 0.6 is 0 Å². The molecule has 0 saturated carbocycles. The zero-order chi connectivity index (χ0) is 18.6. The van der Waals surface area contributed by atoms with Gasteiger partial charge >= 0.3 is 10.1 Å². The Balaban J connectivity index is 2.03. The van der Waals surface area contributed by atoms with E-state index in [1.807, 2.05) is 68.4 Å². The number of aromatic nitrogens is 2. The van der Waals surface area contributed by atoms with Gasteiger partial charge in [-0.25, -0.2) is 0 Å². The summed E-state index contributed by atoms with van der Waals surface area (Å²) in [6, 6.07) is 19.0. The van der Waals surface area contributed by atoms with Crippen LogP contribution in [0.25, 0.3) is 16.9 Å². The predicted octanol–water partition coefficient (Wildman–Crippen LogP) is 4.36. The third kappa shape index (κ3) is 4.32. The molecular weight excluding hydrogens is 348 g/mol. The Labute approximate surface area is 154 Å². The van der Waals surface area contributed by atoms with E-state index in [0.717, 1.165) is 23.2 Å². The van der Waals surface area contributed by atoms with Gasteiger partial charge in [-0.2, -0.15) is 18.2 Å². The van der Waals surface area contributed by atoms with Crippen LogP contribution in [0.1, 0.15) is 25.3 Å². The molecule has 3 rings (SSSR count). The number of rotatable bonds is 7. The molecule has 5 nitrogen and oxygen atoms in total. The molecule has 1 aromatic heterocycles. The third-order valence-electron chi connectivity index (χ3n) is 3.99. The van der Waals surface area contributed by atoms with Crippen LogP contribution in [0.4, 0.5) is 0 Å². The minimum atomic E-state index is -3.67. The van der Waals surface area contributed by atoms with Crippen molar-refractivity contribution in [2.45, 2.75) is 26.7 Å². The molecule has 136 valence electrons. The lowest BCUT2D eigenvalue weighted by atomic mass is 10.2. The monoisotopic (exact) mass is 370 g/mol. The molecule has 0 spiro atoms. The summed E-state index contributed by atoms with van der Waals surface area (Å²) in [7, 11) is -3.67. The molecule has 1 heterocycles. The average Bonchev–Trinajstić information content (AvgIpc) is 3.04. The van der Waals surface area contributed by atoms with Crippen molar-refractivity contribution in [1.29, 1.82) is 0 Å². The zero-order valence-corrected chi connectivity index (χ0v) is 15.7. The van der Waals surface area contributed by atoms with Crippen molar-refractivity contribution in [3.63, 3.8) is 0 Å². The summed E-state index contributed by atoms with van der Waals surface area (Å²) in [6.07, 6.45) is 1.35. The molecule has 0 aliphatic heterocycles. The van der Waals surface area contributed by atoms with Crippen LogP contribution in [0.15, 0.2) is 60.7 Å². The van der Waals surface area contributed by atoms with Crippen molar-refractivity contribution >= 4 is 10.1 Å². The van der Waals surface area contributed by atoms with Gasteiger partial charge < -0.3 is 4.18 Å². The van der Waals surface area contributed by atoms with Crippen molar-refractivity contribution in [3.8, 4) is 22.8 Å². The van der Waals surface area contributed by atoms with Crippen LogP contribution in [0.3, 0.4) is 0 Å². The molecule has 2 aromatic carbocycles. The van der Waals surface area contributed by atoms with Crippen LogP contribution in [0, 0.1) is 6.92 Å². The Morgan fingerprint density at radius 2 is 1.73 bits per heavy atom. The highest BCUT2D eigenvalue weighted by atomic mass is 32.2. The first-order valence-electron chi connectivity index (χ1n) is 8.63. The molecule has 0 saturated heterocycles. The van der Waals surface area contributed by atoms with Crippen molar-refractivity contribution < 1.29 is 12.6 Å². The van der Waals surface area contributed by atoms with Gasteiger partial charge in [-0.1, -0.05) is 61.4 Å². The molecule has 0 radical (unpaired) electrons. The molecule has 3 aromatic rings. The van der Waals surface area contributed by atoms with Gasteiger partial charge in [0.25, 0.3) is 0 Å². The van der Waals surface area contributed by atoms with Crippen molar-refractivity contribution in [3.05, 3.63) is 66.2 Å². The van der Waals surface area contributed by atoms with E-state index in [2.05, 4.69) is 5.10 Å². The molecule has 0 unspecified atom stereocenters. The quantitative estimate of drug-likeness (QED) is 0.580. The molecule has 0 aliphatic carbocycles. The van der Waals surface area contributed by atoms with Gasteiger partial charge in [0.2, 0.25) is 5.88 Å². The molecule has 0 amide bonds. The van der Waals surface area contributed by atoms with Gasteiger partial charge in [0.15, 0.2) is 0 Å². The van der Waals surface area contributed by atoms with E-state index in [-0.39, 0.29) is 11.6 Å². The number of aryl methyl sites for hydroxylation is 1. The Kier molecular flexibility index (Phi) is 5.42. The highest BCUT2D eigenvalue weighted by molar-refractivity contribution is 7.87. The highest BCUT2D eigenvalue weighted by Crippen LogP contribution is 2.27. The lowest BCUT2D eigenvalue weighted by Gasteiger charge is -2.09. The minimum Gasteiger partial charge on any atom is -0.361 e. The summed E-state index contributed by atoms with van der Waals surface area (Å²) in [5.41, 5.74) is 3.42. The standard InChI is InChI=1S/C20H22N2O3S/c1-3-4-14-26(23,24)25-20-15-19(17-8-6-5-7-9-17)21-22(20)18-12-10-16(2)11-13-18/h5-13,15H,3-4,14H2,1-2H3. The van der Waals surface area contributed by atoms with Gasteiger partial charge in [0.05, 0.1) is 17.1 Å². The number of nitrogens with zero attached hydrogens (tertiary/aromatic N) is 2. The molecular formula is C20H22N2O3S. The maximum atomic E-state index is 12.3.